The van der Waals surface area contributed by atoms with Crippen LogP contribution in [0.1, 0.15) is 5.56 Å². The largest absolute Gasteiger partial charge is 0.497 e. The minimum absolute atomic E-state index is 0.0781. The molecular formula is C23H22N2O4. The van der Waals surface area contributed by atoms with Crippen LogP contribution in [0.4, 0.5) is 11.4 Å². The van der Waals surface area contributed by atoms with Crippen molar-refractivity contribution in [2.45, 2.75) is 0 Å². The highest BCUT2D eigenvalue weighted by Gasteiger charge is 2.04. The molecular weight excluding hydrogens is 368 g/mol. The Balaban J connectivity index is 1.49. The van der Waals surface area contributed by atoms with Gasteiger partial charge in [0.25, 0.3) is 5.91 Å². The first-order chi connectivity index (χ1) is 14.2. The van der Waals surface area contributed by atoms with Crippen molar-refractivity contribution in [3.05, 3.63) is 78.4 Å². The molecule has 0 saturated heterocycles. The van der Waals surface area contributed by atoms with E-state index in [-0.39, 0.29) is 12.5 Å². The maximum absolute atomic E-state index is 12.0. The molecule has 3 rings (SSSR count). The Morgan fingerprint density at radius 3 is 1.97 bits per heavy atom. The molecule has 0 unspecified atom stereocenters. The van der Waals surface area contributed by atoms with Gasteiger partial charge in [0, 0.05) is 11.9 Å². The number of carbonyl (C=O) groups excluding carboxylic acids is 1. The number of ether oxygens (including phenoxy) is 3. The molecule has 6 heteroatoms. The lowest BCUT2D eigenvalue weighted by atomic mass is 10.2. The Hall–Kier alpha value is -3.80. The molecule has 0 bridgehead atoms. The Bertz CT molecular complexity index is 950. The van der Waals surface area contributed by atoms with Crippen LogP contribution in [0.25, 0.3) is 0 Å². The fraction of sp³-hybridized carbons (Fsp3) is 0.130. The van der Waals surface area contributed by atoms with Crippen LogP contribution in [0, 0.1) is 0 Å². The Labute approximate surface area is 169 Å². The second-order valence-corrected chi connectivity index (χ2v) is 6.09. The summed E-state index contributed by atoms with van der Waals surface area (Å²) in [7, 11) is 3.22. The fourth-order valence-electron chi connectivity index (χ4n) is 2.49. The molecule has 1 amide bonds. The second kappa shape index (κ2) is 9.94. The van der Waals surface area contributed by atoms with Gasteiger partial charge < -0.3 is 19.5 Å². The summed E-state index contributed by atoms with van der Waals surface area (Å²) >= 11 is 0. The first-order valence-electron chi connectivity index (χ1n) is 9.01. The van der Waals surface area contributed by atoms with Crippen LogP contribution in [0.5, 0.6) is 17.2 Å². The highest BCUT2D eigenvalue weighted by molar-refractivity contribution is 5.92. The van der Waals surface area contributed by atoms with E-state index in [2.05, 4.69) is 10.3 Å². The SMILES string of the molecule is COc1ccc(N=Cc2ccc(OCC(=O)Nc3ccc(OC)cc3)cc2)cc1. The van der Waals surface area contributed by atoms with E-state index in [1.807, 2.05) is 36.4 Å². The average Bonchev–Trinajstić information content (AvgIpc) is 2.78. The zero-order valence-electron chi connectivity index (χ0n) is 16.3. The number of methoxy groups -OCH3 is 2. The van der Waals surface area contributed by atoms with Gasteiger partial charge in [0.2, 0.25) is 0 Å². The number of carbonyl (C=O) groups is 1. The number of rotatable bonds is 8. The van der Waals surface area contributed by atoms with E-state index in [1.165, 1.54) is 0 Å². The monoisotopic (exact) mass is 390 g/mol. The van der Waals surface area contributed by atoms with E-state index in [0.29, 0.717) is 11.4 Å². The van der Waals surface area contributed by atoms with Crippen LogP contribution >= 0.6 is 0 Å². The van der Waals surface area contributed by atoms with Crippen LogP contribution in [-0.4, -0.2) is 32.9 Å². The van der Waals surface area contributed by atoms with Gasteiger partial charge in [-0.25, -0.2) is 0 Å². The van der Waals surface area contributed by atoms with Gasteiger partial charge in [-0.1, -0.05) is 0 Å². The highest BCUT2D eigenvalue weighted by atomic mass is 16.5. The highest BCUT2D eigenvalue weighted by Crippen LogP contribution is 2.18. The first-order valence-corrected chi connectivity index (χ1v) is 9.01. The zero-order valence-corrected chi connectivity index (χ0v) is 16.3. The number of benzene rings is 3. The Morgan fingerprint density at radius 1 is 0.828 bits per heavy atom. The molecule has 0 aliphatic heterocycles. The molecule has 0 spiro atoms. The van der Waals surface area contributed by atoms with Crippen molar-refractivity contribution < 1.29 is 19.0 Å². The third-order valence-electron chi connectivity index (χ3n) is 4.06. The number of amides is 1. The Kier molecular flexibility index (Phi) is 6.84. The molecule has 6 nitrogen and oxygen atoms in total. The van der Waals surface area contributed by atoms with Gasteiger partial charge in [-0.15, -0.1) is 0 Å². The summed E-state index contributed by atoms with van der Waals surface area (Å²) in [5.41, 5.74) is 2.45. The van der Waals surface area contributed by atoms with Crippen molar-refractivity contribution in [1.82, 2.24) is 0 Å². The molecule has 3 aromatic rings. The third kappa shape index (κ3) is 6.10. The molecule has 1 N–H and O–H groups in total. The van der Waals surface area contributed by atoms with Crippen LogP contribution in [-0.2, 0) is 4.79 Å². The van der Waals surface area contributed by atoms with E-state index in [1.54, 1.807) is 56.8 Å². The summed E-state index contributed by atoms with van der Waals surface area (Å²) < 4.78 is 15.8. The van der Waals surface area contributed by atoms with E-state index >= 15 is 0 Å². The maximum atomic E-state index is 12.0. The number of hydrogen-bond donors (Lipinski definition) is 1. The third-order valence-corrected chi connectivity index (χ3v) is 4.06. The predicted octanol–water partition coefficient (Wildman–Crippen LogP) is 4.47. The molecule has 29 heavy (non-hydrogen) atoms. The number of hydrogen-bond acceptors (Lipinski definition) is 5. The number of aliphatic imine (C=N–C) groups is 1. The van der Waals surface area contributed by atoms with Gasteiger partial charge in [0.15, 0.2) is 6.61 Å². The van der Waals surface area contributed by atoms with E-state index in [9.17, 15) is 4.79 Å². The normalized spacial score (nSPS) is 10.6. The molecule has 0 aromatic heterocycles. The van der Waals surface area contributed by atoms with Crippen LogP contribution < -0.4 is 19.5 Å². The quantitative estimate of drug-likeness (QED) is 0.576. The Morgan fingerprint density at radius 2 is 1.38 bits per heavy atom. The molecule has 0 aliphatic rings. The van der Waals surface area contributed by atoms with E-state index < -0.39 is 0 Å². The molecule has 0 radical (unpaired) electrons. The summed E-state index contributed by atoms with van der Waals surface area (Å²) in [5, 5.41) is 2.77. The van der Waals surface area contributed by atoms with Crippen LogP contribution in [0.3, 0.4) is 0 Å². The van der Waals surface area contributed by atoms with Crippen molar-refractivity contribution in [1.29, 1.82) is 0 Å². The van der Waals surface area contributed by atoms with Crippen LogP contribution in [0.2, 0.25) is 0 Å². The average molecular weight is 390 g/mol. The van der Waals surface area contributed by atoms with Gasteiger partial charge >= 0.3 is 0 Å². The van der Waals surface area contributed by atoms with Crippen LogP contribution in [0.15, 0.2) is 77.8 Å². The topological polar surface area (TPSA) is 69.2 Å². The van der Waals surface area contributed by atoms with Gasteiger partial charge in [-0.05, 0) is 78.4 Å². The molecule has 3 aromatic carbocycles. The van der Waals surface area contributed by atoms with Gasteiger partial charge in [-0.2, -0.15) is 0 Å². The minimum atomic E-state index is -0.236. The van der Waals surface area contributed by atoms with Gasteiger partial charge in [0.05, 0.1) is 19.9 Å². The standard InChI is InChI=1S/C23H22N2O4/c1-27-20-11-5-18(6-12-20)24-15-17-3-9-22(10-4-17)29-16-23(26)25-19-7-13-21(28-2)14-8-19/h3-15H,16H2,1-2H3,(H,25,26). The smallest absolute Gasteiger partial charge is 0.262 e. The molecule has 0 aliphatic carbocycles. The summed E-state index contributed by atoms with van der Waals surface area (Å²) in [6.07, 6.45) is 1.77. The molecule has 0 heterocycles. The number of nitrogens with zero attached hydrogens (tertiary/aromatic N) is 1. The maximum Gasteiger partial charge on any atom is 0.262 e. The lowest BCUT2D eigenvalue weighted by Crippen LogP contribution is -2.20. The summed E-state index contributed by atoms with van der Waals surface area (Å²) in [6, 6.07) is 22.0. The summed E-state index contributed by atoms with van der Waals surface area (Å²) in [5.74, 6) is 1.90. The minimum Gasteiger partial charge on any atom is -0.497 e. The van der Waals surface area contributed by atoms with Gasteiger partial charge in [0.1, 0.15) is 17.2 Å². The zero-order chi connectivity index (χ0) is 20.5. The molecule has 0 atom stereocenters. The fourth-order valence-corrected chi connectivity index (χ4v) is 2.49. The second-order valence-electron chi connectivity index (χ2n) is 6.09. The lowest BCUT2D eigenvalue weighted by Gasteiger charge is -2.08. The van der Waals surface area contributed by atoms with Crippen molar-refractivity contribution in [2.75, 3.05) is 26.1 Å². The molecule has 0 saturated carbocycles. The van der Waals surface area contributed by atoms with E-state index in [0.717, 1.165) is 22.7 Å². The first kappa shape index (κ1) is 19.9. The summed E-state index contributed by atoms with van der Waals surface area (Å²) in [4.78, 5) is 16.4. The molecule has 148 valence electrons. The van der Waals surface area contributed by atoms with Crippen molar-refractivity contribution in [3.8, 4) is 17.2 Å². The van der Waals surface area contributed by atoms with Crippen molar-refractivity contribution in [3.63, 3.8) is 0 Å². The van der Waals surface area contributed by atoms with Crippen molar-refractivity contribution in [2.24, 2.45) is 4.99 Å². The number of nitrogens with one attached hydrogen (secondary N) is 1. The lowest BCUT2D eigenvalue weighted by molar-refractivity contribution is -0.118. The molecule has 0 fully saturated rings. The van der Waals surface area contributed by atoms with Crippen molar-refractivity contribution >= 4 is 23.5 Å². The van der Waals surface area contributed by atoms with E-state index in [4.69, 9.17) is 14.2 Å². The summed E-state index contributed by atoms with van der Waals surface area (Å²) in [6.45, 7) is -0.0781. The van der Waals surface area contributed by atoms with Gasteiger partial charge in [-0.3, -0.25) is 9.79 Å². The number of anilines is 1. The predicted molar refractivity (Wildman–Crippen MR) is 114 cm³/mol.